The molecule has 1 saturated carbocycles. The maximum Gasteiger partial charge on any atom is 0.0220 e. The van der Waals surface area contributed by atoms with Crippen molar-refractivity contribution in [1.29, 1.82) is 0 Å². The molecular formula is C14H26N2S. The lowest BCUT2D eigenvalue weighted by Crippen LogP contribution is -2.60. The number of nitrogens with two attached hydrogens (primary N) is 1. The Morgan fingerprint density at radius 1 is 1.00 bits per heavy atom. The van der Waals surface area contributed by atoms with Crippen LogP contribution in [0.3, 0.4) is 0 Å². The van der Waals surface area contributed by atoms with Crippen LogP contribution in [-0.4, -0.2) is 40.6 Å². The maximum absolute atomic E-state index is 6.22. The third-order valence-corrected chi connectivity index (χ3v) is 6.33. The summed E-state index contributed by atoms with van der Waals surface area (Å²) in [7, 11) is 0. The van der Waals surface area contributed by atoms with Gasteiger partial charge in [-0.05, 0) is 44.8 Å². The second-order valence-corrected chi connectivity index (χ2v) is 7.27. The van der Waals surface area contributed by atoms with Crippen molar-refractivity contribution < 1.29 is 0 Å². The van der Waals surface area contributed by atoms with Crippen LogP contribution in [-0.2, 0) is 0 Å². The fourth-order valence-electron chi connectivity index (χ4n) is 4.52. The molecule has 17 heavy (non-hydrogen) atoms. The predicted octanol–water partition coefficient (Wildman–Crippen LogP) is 2.61. The normalized spacial score (nSPS) is 47.3. The van der Waals surface area contributed by atoms with Crippen LogP contribution in [0.2, 0.25) is 0 Å². The molecule has 3 fully saturated rings. The molecule has 3 heteroatoms. The monoisotopic (exact) mass is 254 g/mol. The van der Waals surface area contributed by atoms with Gasteiger partial charge in [-0.25, -0.2) is 0 Å². The molecule has 0 amide bonds. The molecule has 2 saturated heterocycles. The highest BCUT2D eigenvalue weighted by Crippen LogP contribution is 2.41. The van der Waals surface area contributed by atoms with E-state index in [-0.39, 0.29) is 0 Å². The molecule has 3 aliphatic rings. The first-order chi connectivity index (χ1) is 8.29. The Kier molecular flexibility index (Phi) is 3.69. The van der Waals surface area contributed by atoms with Crippen LogP contribution in [0.5, 0.6) is 0 Å². The summed E-state index contributed by atoms with van der Waals surface area (Å²) in [6, 6.07) is 2.98. The van der Waals surface area contributed by atoms with Gasteiger partial charge in [0.15, 0.2) is 0 Å². The Bertz CT molecular complexity index is 257. The number of nitrogens with zero attached hydrogens (tertiary/aromatic N) is 1. The van der Waals surface area contributed by atoms with Gasteiger partial charge in [-0.3, -0.25) is 4.90 Å². The van der Waals surface area contributed by atoms with Crippen LogP contribution in [0.15, 0.2) is 0 Å². The molecule has 98 valence electrons. The highest BCUT2D eigenvalue weighted by Gasteiger charge is 2.44. The van der Waals surface area contributed by atoms with Crippen LogP contribution in [0.25, 0.3) is 0 Å². The highest BCUT2D eigenvalue weighted by atomic mass is 32.2. The number of hydrogen-bond donors (Lipinski definition) is 1. The zero-order valence-electron chi connectivity index (χ0n) is 11.0. The van der Waals surface area contributed by atoms with Crippen molar-refractivity contribution in [3.8, 4) is 0 Å². The first-order valence-corrected chi connectivity index (χ1v) is 8.64. The van der Waals surface area contributed by atoms with E-state index in [0.717, 1.165) is 23.4 Å². The first-order valence-electron chi connectivity index (χ1n) is 7.35. The van der Waals surface area contributed by atoms with E-state index in [0.29, 0.717) is 6.04 Å². The molecule has 0 radical (unpaired) electrons. The molecular weight excluding hydrogens is 228 g/mol. The van der Waals surface area contributed by atoms with Crippen LogP contribution in [0, 0.1) is 0 Å². The van der Waals surface area contributed by atoms with E-state index in [2.05, 4.69) is 22.9 Å². The summed E-state index contributed by atoms with van der Waals surface area (Å²) < 4.78 is 0. The van der Waals surface area contributed by atoms with Gasteiger partial charge in [-0.1, -0.05) is 12.8 Å². The van der Waals surface area contributed by atoms with Crippen LogP contribution < -0.4 is 5.73 Å². The fraction of sp³-hybridized carbons (Fsp3) is 1.00. The quantitative estimate of drug-likeness (QED) is 0.821. The summed E-state index contributed by atoms with van der Waals surface area (Å²) in [5.74, 6) is 0. The summed E-state index contributed by atoms with van der Waals surface area (Å²) in [5, 5.41) is 0.896. The maximum atomic E-state index is 6.22. The van der Waals surface area contributed by atoms with Crippen molar-refractivity contribution in [3.63, 3.8) is 0 Å². The molecule has 2 heterocycles. The second kappa shape index (κ2) is 5.10. The minimum atomic E-state index is 0.482. The molecule has 2 N–H and O–H groups in total. The van der Waals surface area contributed by atoms with Gasteiger partial charge in [0.05, 0.1) is 0 Å². The van der Waals surface area contributed by atoms with Crippen molar-refractivity contribution in [3.05, 3.63) is 0 Å². The summed E-state index contributed by atoms with van der Waals surface area (Å²) in [6.07, 6.45) is 13.4. The minimum Gasteiger partial charge on any atom is -0.328 e. The molecule has 0 aromatic carbocycles. The number of hydrogen-bond acceptors (Lipinski definition) is 3. The van der Waals surface area contributed by atoms with Crippen molar-refractivity contribution in [1.82, 2.24) is 4.90 Å². The van der Waals surface area contributed by atoms with Crippen molar-refractivity contribution in [2.45, 2.75) is 80.8 Å². The largest absolute Gasteiger partial charge is 0.328 e. The number of fused-ring (bicyclic) bond motifs is 2. The average molecular weight is 254 g/mol. The number of piperidine rings is 2. The van der Waals surface area contributed by atoms with Crippen LogP contribution >= 0.6 is 11.8 Å². The van der Waals surface area contributed by atoms with Gasteiger partial charge in [0, 0.05) is 29.4 Å². The standard InChI is InChI=1S/C14H26N2S/c1-17-14-7-3-6-13(14)16-11-4-2-5-12(16)9-10(15)8-11/h10-14H,2-9,15H2,1H3. The molecule has 3 rings (SSSR count). The predicted molar refractivity (Wildman–Crippen MR) is 75.4 cm³/mol. The Hall–Kier alpha value is 0.270. The van der Waals surface area contributed by atoms with E-state index in [1.165, 1.54) is 51.4 Å². The topological polar surface area (TPSA) is 29.3 Å². The minimum absolute atomic E-state index is 0.482. The molecule has 4 unspecified atom stereocenters. The zero-order valence-corrected chi connectivity index (χ0v) is 11.8. The summed E-state index contributed by atoms with van der Waals surface area (Å²) in [4.78, 5) is 2.92. The van der Waals surface area contributed by atoms with E-state index in [1.54, 1.807) is 0 Å². The van der Waals surface area contributed by atoms with Gasteiger partial charge in [0.25, 0.3) is 0 Å². The molecule has 2 nitrogen and oxygen atoms in total. The second-order valence-electron chi connectivity index (χ2n) is 6.19. The van der Waals surface area contributed by atoms with Gasteiger partial charge in [-0.15, -0.1) is 0 Å². The van der Waals surface area contributed by atoms with Gasteiger partial charge >= 0.3 is 0 Å². The molecule has 4 atom stereocenters. The molecule has 2 aliphatic heterocycles. The smallest absolute Gasteiger partial charge is 0.0220 e. The van der Waals surface area contributed by atoms with Gasteiger partial charge < -0.3 is 5.73 Å². The third kappa shape index (κ3) is 2.26. The summed E-state index contributed by atoms with van der Waals surface area (Å²) in [5.41, 5.74) is 6.22. The molecule has 0 aromatic heterocycles. The van der Waals surface area contributed by atoms with Crippen molar-refractivity contribution in [2.24, 2.45) is 5.73 Å². The van der Waals surface area contributed by atoms with Crippen LogP contribution in [0.4, 0.5) is 0 Å². The van der Waals surface area contributed by atoms with E-state index < -0.39 is 0 Å². The molecule has 0 aromatic rings. The Morgan fingerprint density at radius 2 is 1.65 bits per heavy atom. The van der Waals surface area contributed by atoms with Crippen LogP contribution in [0.1, 0.15) is 51.4 Å². The molecule has 1 aliphatic carbocycles. The van der Waals surface area contributed by atoms with E-state index in [4.69, 9.17) is 5.73 Å². The van der Waals surface area contributed by atoms with Gasteiger partial charge in [0.2, 0.25) is 0 Å². The SMILES string of the molecule is CSC1CCCC1N1C2CCCC1CC(N)C2. The van der Waals surface area contributed by atoms with Gasteiger partial charge in [0.1, 0.15) is 0 Å². The summed E-state index contributed by atoms with van der Waals surface area (Å²) >= 11 is 2.10. The van der Waals surface area contributed by atoms with E-state index in [1.807, 2.05) is 0 Å². The lowest BCUT2D eigenvalue weighted by molar-refractivity contribution is -0.00155. The highest BCUT2D eigenvalue weighted by molar-refractivity contribution is 7.99. The fourth-order valence-corrected chi connectivity index (χ4v) is 5.52. The molecule has 2 bridgehead atoms. The van der Waals surface area contributed by atoms with Crippen molar-refractivity contribution in [2.75, 3.05) is 6.26 Å². The third-order valence-electron chi connectivity index (χ3n) is 5.17. The first kappa shape index (κ1) is 12.3. The Balaban J connectivity index is 1.77. The van der Waals surface area contributed by atoms with E-state index in [9.17, 15) is 0 Å². The van der Waals surface area contributed by atoms with E-state index >= 15 is 0 Å². The van der Waals surface area contributed by atoms with Crippen molar-refractivity contribution >= 4 is 11.8 Å². The lowest BCUT2D eigenvalue weighted by Gasteiger charge is -2.52. The Morgan fingerprint density at radius 3 is 2.29 bits per heavy atom. The number of rotatable bonds is 2. The number of thioether (sulfide) groups is 1. The summed E-state index contributed by atoms with van der Waals surface area (Å²) in [6.45, 7) is 0. The molecule has 0 spiro atoms. The zero-order chi connectivity index (χ0) is 11.8. The Labute approximate surface area is 110 Å². The average Bonchev–Trinajstić information content (AvgIpc) is 2.75. The van der Waals surface area contributed by atoms with Gasteiger partial charge in [-0.2, -0.15) is 11.8 Å². The lowest BCUT2D eigenvalue weighted by atomic mass is 9.80.